The van der Waals surface area contributed by atoms with E-state index < -0.39 is 18.0 Å². The normalized spacial score (nSPS) is 14.7. The molecule has 6 rings (SSSR count). The number of halogens is 1. The van der Waals surface area contributed by atoms with Gasteiger partial charge in [-0.1, -0.05) is 54.6 Å². The number of hydrogen-bond donors (Lipinski definition) is 6. The third-order valence-corrected chi connectivity index (χ3v) is 9.90. The van der Waals surface area contributed by atoms with E-state index in [2.05, 4.69) is 35.0 Å². The number of anilines is 2. The van der Waals surface area contributed by atoms with Gasteiger partial charge in [0.05, 0.1) is 50.2 Å². The number of rotatable bonds is 13. The number of carbonyl (C=O) groups excluding carboxylic acids is 2. The number of ether oxygens (including phenoxy) is 1. The molecule has 1 aromatic heterocycles. The lowest BCUT2D eigenvalue weighted by molar-refractivity contribution is -0.896. The van der Waals surface area contributed by atoms with Crippen molar-refractivity contribution in [3.8, 4) is 16.9 Å². The minimum Gasteiger partial charge on any atom is -0.506 e. The van der Waals surface area contributed by atoms with Crippen LogP contribution in [-0.4, -0.2) is 71.5 Å². The Morgan fingerprint density at radius 3 is 2.44 bits per heavy atom. The summed E-state index contributed by atoms with van der Waals surface area (Å²) in [5, 5.41) is 30.1. The van der Waals surface area contributed by atoms with E-state index in [4.69, 9.17) is 4.74 Å². The maximum Gasteiger partial charge on any atom is 0.411 e. The Morgan fingerprint density at radius 1 is 0.926 bits per heavy atom. The number of quaternary nitrogens is 1. The number of piperidine rings is 1. The monoisotopic (exact) mass is 736 g/mol. The first-order valence-corrected chi connectivity index (χ1v) is 18.2. The first-order valence-electron chi connectivity index (χ1n) is 18.2. The van der Waals surface area contributed by atoms with E-state index in [-0.39, 0.29) is 54.0 Å². The van der Waals surface area contributed by atoms with Crippen molar-refractivity contribution >= 4 is 34.3 Å². The van der Waals surface area contributed by atoms with Gasteiger partial charge in [0.1, 0.15) is 17.7 Å². The van der Waals surface area contributed by atoms with E-state index in [1.165, 1.54) is 24.3 Å². The third-order valence-electron chi connectivity index (χ3n) is 9.90. The molecule has 282 valence electrons. The molecule has 11 nitrogen and oxygen atoms in total. The number of aromatic hydroxyl groups is 1. The van der Waals surface area contributed by atoms with Crippen LogP contribution in [0.15, 0.2) is 95.8 Å². The fourth-order valence-corrected chi connectivity index (χ4v) is 6.82. The Balaban J connectivity index is 0.996. The number of carbonyl (C=O) groups is 2. The lowest BCUT2D eigenvalue weighted by Gasteiger charge is -2.36. The van der Waals surface area contributed by atoms with Gasteiger partial charge in [-0.3, -0.25) is 14.9 Å². The van der Waals surface area contributed by atoms with Crippen molar-refractivity contribution in [2.45, 2.75) is 50.9 Å². The maximum atomic E-state index is 15.0. The Labute approximate surface area is 313 Å². The van der Waals surface area contributed by atoms with E-state index in [0.29, 0.717) is 35.0 Å². The number of aromatic nitrogens is 1. The summed E-state index contributed by atoms with van der Waals surface area (Å²) in [5.74, 6) is -0.988. The summed E-state index contributed by atoms with van der Waals surface area (Å²) in [6.07, 6.45) is 1.32. The molecule has 0 saturated carbocycles. The Morgan fingerprint density at radius 2 is 1.69 bits per heavy atom. The molecule has 2 heterocycles. The second-order valence-corrected chi connectivity index (χ2v) is 14.5. The number of nitrogens with zero attached hydrogens (tertiary/aromatic N) is 1. The lowest BCUT2D eigenvalue weighted by Crippen LogP contribution is -2.48. The van der Waals surface area contributed by atoms with Crippen LogP contribution in [0.4, 0.5) is 20.6 Å². The maximum absolute atomic E-state index is 15.0. The molecule has 5 aromatic rings. The predicted octanol–water partition coefficient (Wildman–Crippen LogP) is 6.61. The highest BCUT2D eigenvalue weighted by atomic mass is 19.1. The summed E-state index contributed by atoms with van der Waals surface area (Å²) < 4.78 is 21.7. The second-order valence-electron chi connectivity index (χ2n) is 14.5. The van der Waals surface area contributed by atoms with Gasteiger partial charge in [0.25, 0.3) is 0 Å². The van der Waals surface area contributed by atoms with Crippen LogP contribution in [0.3, 0.4) is 0 Å². The molecular formula is C42H47FN5O6+. The van der Waals surface area contributed by atoms with Crippen molar-refractivity contribution in [1.82, 2.24) is 10.3 Å². The van der Waals surface area contributed by atoms with E-state index in [1.807, 2.05) is 48.5 Å². The Bertz CT molecular complexity index is 2160. The molecule has 54 heavy (non-hydrogen) atoms. The number of aryl methyl sites for hydroxylation is 1. The molecule has 4 aromatic carbocycles. The first kappa shape index (κ1) is 38.2. The molecule has 1 saturated heterocycles. The fourth-order valence-electron chi connectivity index (χ4n) is 6.82. The van der Waals surface area contributed by atoms with E-state index in [0.717, 1.165) is 47.1 Å². The number of phenolic OH excluding ortho intramolecular Hbond substituents is 1. The molecule has 0 spiro atoms. The van der Waals surface area contributed by atoms with Gasteiger partial charge in [0.2, 0.25) is 11.5 Å². The van der Waals surface area contributed by atoms with Crippen molar-refractivity contribution in [3.63, 3.8) is 0 Å². The van der Waals surface area contributed by atoms with Crippen molar-refractivity contribution < 1.29 is 33.4 Å². The average Bonchev–Trinajstić information content (AvgIpc) is 3.14. The van der Waals surface area contributed by atoms with Gasteiger partial charge in [-0.05, 0) is 65.4 Å². The van der Waals surface area contributed by atoms with Crippen LogP contribution in [0.5, 0.6) is 5.75 Å². The molecule has 1 aliphatic heterocycles. The van der Waals surface area contributed by atoms with Gasteiger partial charge < -0.3 is 35.1 Å². The van der Waals surface area contributed by atoms with Crippen LogP contribution >= 0.6 is 0 Å². The van der Waals surface area contributed by atoms with Crippen molar-refractivity contribution in [3.05, 3.63) is 124 Å². The van der Waals surface area contributed by atoms with Crippen LogP contribution in [-0.2, 0) is 22.5 Å². The topological polar surface area (TPSA) is 153 Å². The van der Waals surface area contributed by atoms with Gasteiger partial charge >= 0.3 is 6.09 Å². The molecule has 0 aliphatic carbocycles. The number of phenols is 1. The summed E-state index contributed by atoms with van der Waals surface area (Å²) in [7, 11) is 4.36. The molecule has 2 amide bonds. The Kier molecular flexibility index (Phi) is 12.1. The number of pyridine rings is 1. The highest BCUT2D eigenvalue weighted by molar-refractivity contribution is 5.92. The molecule has 6 N–H and O–H groups in total. The minimum atomic E-state index is -0.956. The molecule has 1 fully saturated rings. The summed E-state index contributed by atoms with van der Waals surface area (Å²) in [5.41, 5.74) is 4.50. The number of benzene rings is 4. The van der Waals surface area contributed by atoms with Crippen molar-refractivity contribution in [2.75, 3.05) is 44.4 Å². The molecule has 12 heteroatoms. The van der Waals surface area contributed by atoms with E-state index >= 15 is 4.39 Å². The first-order chi connectivity index (χ1) is 25.9. The number of aliphatic hydroxyl groups is 1. The molecule has 1 atom stereocenters. The summed E-state index contributed by atoms with van der Waals surface area (Å²) >= 11 is 0. The molecule has 0 radical (unpaired) electrons. The van der Waals surface area contributed by atoms with Crippen LogP contribution in [0.1, 0.15) is 48.5 Å². The SMILES string of the molecule is C[N+]1(C)CCC(OC(=O)Nc2cc(CCCC(=O)Nc3ccc(CNC[C@@H](O)c4ccc(O)c5[nH]c(=O)ccc45)cc3F)ccc2-c2ccccc2)CC1. The third kappa shape index (κ3) is 9.90. The number of aromatic amines is 1. The average molecular weight is 737 g/mol. The van der Waals surface area contributed by atoms with E-state index in [9.17, 15) is 24.6 Å². The largest absolute Gasteiger partial charge is 0.506 e. The highest BCUT2D eigenvalue weighted by Crippen LogP contribution is 2.31. The molecule has 0 unspecified atom stereocenters. The van der Waals surface area contributed by atoms with Gasteiger partial charge in [0, 0.05) is 49.4 Å². The zero-order valence-electron chi connectivity index (χ0n) is 30.5. The zero-order chi connectivity index (χ0) is 38.2. The second kappa shape index (κ2) is 17.1. The standard InChI is InChI=1S/C42H46FN5O6/c1-48(2)21-19-30(20-22-48)54-42(53)46-36-24-27(11-13-31(36)29-8-4-3-5-9-29)7-6-10-39(51)45-35-16-12-28(23-34(35)43)25-44-26-38(50)32-14-17-37(49)41-33(32)15-18-40(52)47-41/h3-5,8-9,11-18,23-24,30,38,44,50H,6-7,10,19-22,25-26H2,1-2H3,(H3-,45,46,47,49,51,52,53)/p+1/t38-/m1/s1. The highest BCUT2D eigenvalue weighted by Gasteiger charge is 2.28. The van der Waals surface area contributed by atoms with Crippen LogP contribution in [0, 0.1) is 5.82 Å². The van der Waals surface area contributed by atoms with Crippen LogP contribution < -0.4 is 21.5 Å². The molecular weight excluding hydrogens is 689 g/mol. The molecule has 1 aliphatic rings. The predicted molar refractivity (Wildman–Crippen MR) is 208 cm³/mol. The van der Waals surface area contributed by atoms with Crippen LogP contribution in [0.2, 0.25) is 0 Å². The van der Waals surface area contributed by atoms with Crippen molar-refractivity contribution in [2.24, 2.45) is 0 Å². The number of fused-ring (bicyclic) bond motifs is 1. The van der Waals surface area contributed by atoms with Gasteiger partial charge in [0.15, 0.2) is 0 Å². The fraction of sp³-hybridized carbons (Fsp3) is 0.310. The van der Waals surface area contributed by atoms with Gasteiger partial charge in [-0.2, -0.15) is 0 Å². The smallest absolute Gasteiger partial charge is 0.411 e. The molecule has 0 bridgehead atoms. The Hall–Kier alpha value is -5.56. The number of nitrogens with one attached hydrogen (secondary N) is 4. The number of aliphatic hydroxyl groups excluding tert-OH is 1. The lowest BCUT2D eigenvalue weighted by atomic mass is 9.99. The summed E-state index contributed by atoms with van der Waals surface area (Å²) in [6.45, 7) is 2.29. The summed E-state index contributed by atoms with van der Waals surface area (Å²) in [4.78, 5) is 40.1. The van der Waals surface area contributed by atoms with Crippen molar-refractivity contribution in [1.29, 1.82) is 0 Å². The minimum absolute atomic E-state index is 0.0750. The quantitative estimate of drug-likeness (QED) is 0.0745. The number of H-pyrrole nitrogens is 1. The van der Waals surface area contributed by atoms with Crippen LogP contribution in [0.25, 0.3) is 22.0 Å². The number of likely N-dealkylation sites (tertiary alicyclic amines) is 1. The summed E-state index contributed by atoms with van der Waals surface area (Å²) in [6, 6.07) is 26.1. The number of hydrogen-bond acceptors (Lipinski definition) is 7. The van der Waals surface area contributed by atoms with E-state index in [1.54, 1.807) is 18.2 Å². The van der Waals surface area contributed by atoms with Gasteiger partial charge in [-0.15, -0.1) is 0 Å². The van der Waals surface area contributed by atoms with Gasteiger partial charge in [-0.25, -0.2) is 9.18 Å². The zero-order valence-corrected chi connectivity index (χ0v) is 30.5. The number of amides is 2.